The Morgan fingerprint density at radius 2 is 2.33 bits per heavy atom. The van der Waals surface area contributed by atoms with Crippen LogP contribution in [0.5, 0.6) is 0 Å². The molecule has 0 fully saturated rings. The molecular weight excluding hydrogens is 266 g/mol. The van der Waals surface area contributed by atoms with Crippen molar-refractivity contribution in [2.45, 2.75) is 32.9 Å². The number of rotatable bonds is 5. The quantitative estimate of drug-likeness (QED) is 0.911. The standard InChI is InChI=1S/C13H18ClN3S/c1-4-17-12(13(14)9(2)16-17)7-11(15-3)10-5-6-18-8-10/h5-6,8,11,15H,4,7H2,1-3H3. The number of thiophene rings is 1. The summed E-state index contributed by atoms with van der Waals surface area (Å²) >= 11 is 8.06. The van der Waals surface area contributed by atoms with Crippen LogP contribution in [0.2, 0.25) is 5.02 Å². The van der Waals surface area contributed by atoms with E-state index in [1.165, 1.54) is 5.56 Å². The van der Waals surface area contributed by atoms with Crippen molar-refractivity contribution in [1.82, 2.24) is 15.1 Å². The molecule has 5 heteroatoms. The van der Waals surface area contributed by atoms with Crippen molar-refractivity contribution >= 4 is 22.9 Å². The molecule has 3 nitrogen and oxygen atoms in total. The lowest BCUT2D eigenvalue weighted by molar-refractivity contribution is 0.542. The summed E-state index contributed by atoms with van der Waals surface area (Å²) in [7, 11) is 1.98. The number of nitrogens with one attached hydrogen (secondary N) is 1. The van der Waals surface area contributed by atoms with E-state index in [0.29, 0.717) is 0 Å². The van der Waals surface area contributed by atoms with Gasteiger partial charge in [-0.2, -0.15) is 16.4 Å². The maximum absolute atomic E-state index is 6.35. The molecule has 1 N–H and O–H groups in total. The van der Waals surface area contributed by atoms with Crippen LogP contribution in [0.3, 0.4) is 0 Å². The first-order chi connectivity index (χ1) is 8.67. The molecule has 18 heavy (non-hydrogen) atoms. The minimum atomic E-state index is 0.287. The van der Waals surface area contributed by atoms with E-state index in [9.17, 15) is 0 Å². The monoisotopic (exact) mass is 283 g/mol. The molecule has 0 aliphatic carbocycles. The Hall–Kier alpha value is -0.840. The van der Waals surface area contributed by atoms with Crippen LogP contribution >= 0.6 is 22.9 Å². The van der Waals surface area contributed by atoms with E-state index in [1.54, 1.807) is 11.3 Å². The lowest BCUT2D eigenvalue weighted by Crippen LogP contribution is -2.20. The molecule has 0 radical (unpaired) electrons. The summed E-state index contributed by atoms with van der Waals surface area (Å²) in [6, 6.07) is 2.44. The highest BCUT2D eigenvalue weighted by Crippen LogP contribution is 2.26. The summed E-state index contributed by atoms with van der Waals surface area (Å²) in [5, 5.41) is 12.9. The Bertz CT molecular complexity index is 505. The fourth-order valence-electron chi connectivity index (χ4n) is 2.12. The molecule has 0 saturated heterocycles. The van der Waals surface area contributed by atoms with E-state index in [4.69, 9.17) is 11.6 Å². The molecule has 2 aromatic heterocycles. The van der Waals surface area contributed by atoms with Crippen molar-refractivity contribution in [3.63, 3.8) is 0 Å². The van der Waals surface area contributed by atoms with Gasteiger partial charge in [-0.25, -0.2) is 0 Å². The highest BCUT2D eigenvalue weighted by atomic mass is 35.5. The van der Waals surface area contributed by atoms with Gasteiger partial charge in [0, 0.05) is 19.0 Å². The topological polar surface area (TPSA) is 29.9 Å². The van der Waals surface area contributed by atoms with Crippen LogP contribution in [-0.2, 0) is 13.0 Å². The fourth-order valence-corrected chi connectivity index (χ4v) is 3.04. The number of hydrogen-bond acceptors (Lipinski definition) is 3. The number of halogens is 1. The van der Waals surface area contributed by atoms with Gasteiger partial charge in [-0.15, -0.1) is 0 Å². The van der Waals surface area contributed by atoms with Gasteiger partial charge in [0.15, 0.2) is 0 Å². The summed E-state index contributed by atoms with van der Waals surface area (Å²) < 4.78 is 1.99. The molecule has 0 aromatic carbocycles. The van der Waals surface area contributed by atoms with Gasteiger partial charge in [0.1, 0.15) is 0 Å². The number of nitrogens with zero attached hydrogens (tertiary/aromatic N) is 2. The zero-order valence-electron chi connectivity index (χ0n) is 10.9. The molecule has 98 valence electrons. The predicted octanol–water partition coefficient (Wildman–Crippen LogP) is 3.43. The van der Waals surface area contributed by atoms with E-state index in [2.05, 4.69) is 34.2 Å². The first kappa shape index (κ1) is 13.6. The van der Waals surface area contributed by atoms with Gasteiger partial charge in [-0.1, -0.05) is 11.6 Å². The van der Waals surface area contributed by atoms with Gasteiger partial charge in [0.2, 0.25) is 0 Å². The molecule has 1 atom stereocenters. The maximum Gasteiger partial charge on any atom is 0.0847 e. The third kappa shape index (κ3) is 2.60. The van der Waals surface area contributed by atoms with E-state index in [0.717, 1.165) is 29.4 Å². The Morgan fingerprint density at radius 1 is 1.56 bits per heavy atom. The minimum Gasteiger partial charge on any atom is -0.313 e. The largest absolute Gasteiger partial charge is 0.313 e. The second-order valence-corrected chi connectivity index (χ2v) is 5.42. The number of likely N-dealkylation sites (N-methyl/N-ethyl adjacent to an activating group) is 1. The Labute approximate surface area is 117 Å². The average Bonchev–Trinajstić information content (AvgIpc) is 2.98. The van der Waals surface area contributed by atoms with Gasteiger partial charge < -0.3 is 5.32 Å². The molecule has 0 saturated carbocycles. The van der Waals surface area contributed by atoms with Gasteiger partial charge in [-0.05, 0) is 43.3 Å². The SMILES string of the molecule is CCn1nc(C)c(Cl)c1CC(NC)c1ccsc1. The van der Waals surface area contributed by atoms with Gasteiger partial charge in [0.05, 0.1) is 16.4 Å². The molecule has 1 unspecified atom stereocenters. The second kappa shape index (κ2) is 5.87. The van der Waals surface area contributed by atoms with E-state index in [-0.39, 0.29) is 6.04 Å². The van der Waals surface area contributed by atoms with Crippen LogP contribution in [0.1, 0.15) is 29.9 Å². The van der Waals surface area contributed by atoms with Crippen LogP contribution in [0.25, 0.3) is 0 Å². The lowest BCUT2D eigenvalue weighted by Gasteiger charge is -2.16. The zero-order chi connectivity index (χ0) is 13.1. The van der Waals surface area contributed by atoms with Crippen molar-refractivity contribution in [3.8, 4) is 0 Å². The van der Waals surface area contributed by atoms with Gasteiger partial charge >= 0.3 is 0 Å². The number of aromatic nitrogens is 2. The molecule has 0 aliphatic heterocycles. The van der Waals surface area contributed by atoms with Crippen molar-refractivity contribution in [3.05, 3.63) is 38.8 Å². The Morgan fingerprint density at radius 3 is 2.89 bits per heavy atom. The van der Waals surface area contributed by atoms with E-state index in [1.807, 2.05) is 18.7 Å². The highest BCUT2D eigenvalue weighted by Gasteiger charge is 2.18. The third-order valence-corrected chi connectivity index (χ3v) is 4.34. The molecular formula is C13H18ClN3S. The van der Waals surface area contributed by atoms with Crippen molar-refractivity contribution in [1.29, 1.82) is 0 Å². The smallest absolute Gasteiger partial charge is 0.0847 e. The molecule has 0 amide bonds. The summed E-state index contributed by atoms with van der Waals surface area (Å²) in [5.41, 5.74) is 3.33. The van der Waals surface area contributed by atoms with Crippen molar-refractivity contribution in [2.24, 2.45) is 0 Å². The molecule has 0 spiro atoms. The summed E-state index contributed by atoms with van der Waals surface area (Å²) in [4.78, 5) is 0. The number of hydrogen-bond donors (Lipinski definition) is 1. The summed E-state index contributed by atoms with van der Waals surface area (Å²) in [6.07, 6.45) is 0.862. The van der Waals surface area contributed by atoms with Crippen molar-refractivity contribution in [2.75, 3.05) is 7.05 Å². The minimum absolute atomic E-state index is 0.287. The first-order valence-electron chi connectivity index (χ1n) is 6.08. The van der Waals surface area contributed by atoms with Crippen LogP contribution in [0.15, 0.2) is 16.8 Å². The first-order valence-corrected chi connectivity index (χ1v) is 7.40. The summed E-state index contributed by atoms with van der Waals surface area (Å²) in [5.74, 6) is 0. The second-order valence-electron chi connectivity index (χ2n) is 4.26. The number of aryl methyl sites for hydroxylation is 2. The highest BCUT2D eigenvalue weighted by molar-refractivity contribution is 7.07. The van der Waals surface area contributed by atoms with Crippen LogP contribution in [-0.4, -0.2) is 16.8 Å². The lowest BCUT2D eigenvalue weighted by atomic mass is 10.1. The van der Waals surface area contributed by atoms with Crippen molar-refractivity contribution < 1.29 is 0 Å². The average molecular weight is 284 g/mol. The summed E-state index contributed by atoms with van der Waals surface area (Å²) in [6.45, 7) is 4.89. The molecule has 0 aliphatic rings. The van der Waals surface area contributed by atoms with E-state index >= 15 is 0 Å². The zero-order valence-corrected chi connectivity index (χ0v) is 12.5. The molecule has 2 aromatic rings. The van der Waals surface area contributed by atoms with Crippen LogP contribution in [0, 0.1) is 6.92 Å². The molecule has 0 bridgehead atoms. The maximum atomic E-state index is 6.35. The van der Waals surface area contributed by atoms with E-state index < -0.39 is 0 Å². The van der Waals surface area contributed by atoms with Gasteiger partial charge in [0.25, 0.3) is 0 Å². The Kier molecular flexibility index (Phi) is 4.43. The van der Waals surface area contributed by atoms with Crippen LogP contribution in [0.4, 0.5) is 0 Å². The van der Waals surface area contributed by atoms with Gasteiger partial charge in [-0.3, -0.25) is 4.68 Å². The Balaban J connectivity index is 2.27. The van der Waals surface area contributed by atoms with Crippen LogP contribution < -0.4 is 5.32 Å². The predicted molar refractivity (Wildman–Crippen MR) is 77.5 cm³/mol. The third-order valence-electron chi connectivity index (χ3n) is 3.14. The molecule has 2 heterocycles. The normalized spacial score (nSPS) is 12.9. The molecule has 2 rings (SSSR count). The fraction of sp³-hybridized carbons (Fsp3) is 0.462.